The monoisotopic (exact) mass is 317 g/mol. The lowest BCUT2D eigenvalue weighted by molar-refractivity contribution is 0.282. The number of benzene rings is 1. The van der Waals surface area contributed by atoms with Crippen molar-refractivity contribution in [2.24, 2.45) is 0 Å². The van der Waals surface area contributed by atoms with E-state index in [1.807, 2.05) is 13.0 Å². The first-order valence-electron chi connectivity index (χ1n) is 6.44. The highest BCUT2D eigenvalue weighted by molar-refractivity contribution is 9.10. The van der Waals surface area contributed by atoms with E-state index in [1.54, 1.807) is 6.07 Å². The summed E-state index contributed by atoms with van der Waals surface area (Å²) in [7, 11) is 0. The molecule has 0 aliphatic carbocycles. The van der Waals surface area contributed by atoms with Crippen LogP contribution < -0.4 is 5.32 Å². The number of aliphatic hydroxyl groups excluding tert-OH is 1. The lowest BCUT2D eigenvalue weighted by atomic mass is 10.1. The maximum atomic E-state index is 13.6. The van der Waals surface area contributed by atoms with E-state index in [-0.39, 0.29) is 18.5 Å². The van der Waals surface area contributed by atoms with E-state index < -0.39 is 0 Å². The lowest BCUT2D eigenvalue weighted by Gasteiger charge is -2.15. The highest BCUT2D eigenvalue weighted by Gasteiger charge is 2.10. The van der Waals surface area contributed by atoms with Crippen LogP contribution in [0.15, 0.2) is 22.7 Å². The molecular weight excluding hydrogens is 297 g/mol. The van der Waals surface area contributed by atoms with Gasteiger partial charge in [0, 0.05) is 22.7 Å². The van der Waals surface area contributed by atoms with Gasteiger partial charge in [-0.3, -0.25) is 0 Å². The minimum absolute atomic E-state index is 0.0142. The van der Waals surface area contributed by atoms with E-state index in [0.717, 1.165) is 36.7 Å². The van der Waals surface area contributed by atoms with Crippen molar-refractivity contribution in [3.8, 4) is 0 Å². The second kappa shape index (κ2) is 8.62. The van der Waals surface area contributed by atoms with Crippen molar-refractivity contribution in [3.63, 3.8) is 0 Å². The highest BCUT2D eigenvalue weighted by Crippen LogP contribution is 2.21. The Morgan fingerprint density at radius 3 is 2.72 bits per heavy atom. The highest BCUT2D eigenvalue weighted by atomic mass is 79.9. The molecular formula is C14H21BrFNO. The molecule has 18 heavy (non-hydrogen) atoms. The molecule has 102 valence electrons. The van der Waals surface area contributed by atoms with Crippen LogP contribution in [0.5, 0.6) is 0 Å². The van der Waals surface area contributed by atoms with Gasteiger partial charge in [-0.1, -0.05) is 28.8 Å². The molecule has 1 rings (SSSR count). The van der Waals surface area contributed by atoms with Crippen LogP contribution >= 0.6 is 15.9 Å². The van der Waals surface area contributed by atoms with E-state index in [4.69, 9.17) is 5.11 Å². The second-order valence-electron chi connectivity index (χ2n) is 4.48. The van der Waals surface area contributed by atoms with Crippen LogP contribution in [0.2, 0.25) is 0 Å². The molecule has 0 radical (unpaired) electrons. The molecule has 1 atom stereocenters. The van der Waals surface area contributed by atoms with Crippen molar-refractivity contribution in [2.45, 2.75) is 38.6 Å². The van der Waals surface area contributed by atoms with E-state index in [0.29, 0.717) is 5.56 Å². The molecule has 0 heterocycles. The van der Waals surface area contributed by atoms with Gasteiger partial charge in [0.25, 0.3) is 0 Å². The van der Waals surface area contributed by atoms with Crippen LogP contribution in [0.4, 0.5) is 4.39 Å². The quantitative estimate of drug-likeness (QED) is 0.715. The predicted molar refractivity (Wildman–Crippen MR) is 76.1 cm³/mol. The van der Waals surface area contributed by atoms with Gasteiger partial charge in [-0.25, -0.2) is 4.39 Å². The second-order valence-corrected chi connectivity index (χ2v) is 5.40. The minimum atomic E-state index is -0.168. The van der Waals surface area contributed by atoms with Crippen LogP contribution in [0.3, 0.4) is 0 Å². The van der Waals surface area contributed by atoms with E-state index in [9.17, 15) is 4.39 Å². The van der Waals surface area contributed by atoms with Crippen LogP contribution in [-0.2, 0) is 0 Å². The SMILES string of the molecule is CC(NCCCCCCO)c1cc(Br)ccc1F. The Hall–Kier alpha value is -0.450. The number of halogens is 2. The summed E-state index contributed by atoms with van der Waals surface area (Å²) < 4.78 is 14.5. The molecule has 1 aromatic rings. The van der Waals surface area contributed by atoms with Crippen molar-refractivity contribution in [3.05, 3.63) is 34.1 Å². The average Bonchev–Trinajstić information content (AvgIpc) is 2.36. The summed E-state index contributed by atoms with van der Waals surface area (Å²) in [5.41, 5.74) is 0.694. The molecule has 2 N–H and O–H groups in total. The van der Waals surface area contributed by atoms with Crippen molar-refractivity contribution in [1.29, 1.82) is 0 Å². The largest absolute Gasteiger partial charge is 0.396 e. The zero-order chi connectivity index (χ0) is 13.4. The Morgan fingerprint density at radius 2 is 2.00 bits per heavy atom. The third-order valence-corrected chi connectivity index (χ3v) is 3.45. The Morgan fingerprint density at radius 1 is 1.28 bits per heavy atom. The average molecular weight is 318 g/mol. The first-order chi connectivity index (χ1) is 8.65. The molecule has 1 unspecified atom stereocenters. The normalized spacial score (nSPS) is 12.7. The molecule has 0 aliphatic rings. The van der Waals surface area contributed by atoms with E-state index in [1.165, 1.54) is 6.07 Å². The van der Waals surface area contributed by atoms with Crippen molar-refractivity contribution in [2.75, 3.05) is 13.2 Å². The summed E-state index contributed by atoms with van der Waals surface area (Å²) >= 11 is 3.36. The summed E-state index contributed by atoms with van der Waals surface area (Å²) in [5, 5.41) is 12.0. The van der Waals surface area contributed by atoms with Crippen LogP contribution in [0, 0.1) is 5.82 Å². The minimum Gasteiger partial charge on any atom is -0.396 e. The number of aliphatic hydroxyl groups is 1. The molecule has 0 fully saturated rings. The fraction of sp³-hybridized carbons (Fsp3) is 0.571. The number of nitrogens with one attached hydrogen (secondary N) is 1. The van der Waals surface area contributed by atoms with Crippen LogP contribution in [-0.4, -0.2) is 18.3 Å². The number of hydrogen-bond donors (Lipinski definition) is 2. The molecule has 0 amide bonds. The van der Waals surface area contributed by atoms with E-state index >= 15 is 0 Å². The molecule has 0 aliphatic heterocycles. The Bertz CT molecular complexity index is 360. The predicted octanol–water partition coefficient (Wildman–Crippen LogP) is 3.79. The Kier molecular flexibility index (Phi) is 7.47. The molecule has 4 heteroatoms. The number of unbranched alkanes of at least 4 members (excludes halogenated alkanes) is 3. The van der Waals surface area contributed by atoms with Crippen molar-refractivity contribution < 1.29 is 9.50 Å². The molecule has 1 aromatic carbocycles. The molecule has 2 nitrogen and oxygen atoms in total. The number of hydrogen-bond acceptors (Lipinski definition) is 2. The standard InChI is InChI=1S/C14H21BrFNO/c1-11(17-8-4-2-3-5-9-18)13-10-12(15)6-7-14(13)16/h6-7,10-11,17-18H,2-5,8-9H2,1H3. The molecule has 0 bridgehead atoms. The number of rotatable bonds is 8. The first kappa shape index (κ1) is 15.6. The fourth-order valence-electron chi connectivity index (χ4n) is 1.87. The van der Waals surface area contributed by atoms with Crippen LogP contribution in [0.25, 0.3) is 0 Å². The van der Waals surface area contributed by atoms with Gasteiger partial charge in [0.1, 0.15) is 5.82 Å². The summed E-state index contributed by atoms with van der Waals surface area (Å²) in [6.07, 6.45) is 4.08. The third kappa shape index (κ3) is 5.46. The van der Waals surface area contributed by atoms with Gasteiger partial charge in [0.2, 0.25) is 0 Å². The molecule has 0 aromatic heterocycles. The Labute approximate surface area is 117 Å². The first-order valence-corrected chi connectivity index (χ1v) is 7.23. The summed E-state index contributed by atoms with van der Waals surface area (Å²) in [5.74, 6) is -0.168. The maximum Gasteiger partial charge on any atom is 0.128 e. The molecule has 0 saturated heterocycles. The summed E-state index contributed by atoms with van der Waals surface area (Å²) in [6, 6.07) is 5.03. The zero-order valence-corrected chi connectivity index (χ0v) is 12.3. The smallest absolute Gasteiger partial charge is 0.128 e. The fourth-order valence-corrected chi connectivity index (χ4v) is 2.24. The van der Waals surface area contributed by atoms with Gasteiger partial charge in [0.15, 0.2) is 0 Å². The third-order valence-electron chi connectivity index (χ3n) is 2.96. The Balaban J connectivity index is 2.31. The molecule has 0 spiro atoms. The molecule has 0 saturated carbocycles. The summed E-state index contributed by atoms with van der Waals surface area (Å²) in [6.45, 7) is 3.12. The zero-order valence-electron chi connectivity index (χ0n) is 10.8. The van der Waals surface area contributed by atoms with Gasteiger partial charge in [0.05, 0.1) is 0 Å². The topological polar surface area (TPSA) is 32.3 Å². The lowest BCUT2D eigenvalue weighted by Crippen LogP contribution is -2.20. The van der Waals surface area contributed by atoms with Gasteiger partial charge in [-0.05, 0) is 44.5 Å². The van der Waals surface area contributed by atoms with Gasteiger partial charge in [-0.15, -0.1) is 0 Å². The van der Waals surface area contributed by atoms with Crippen LogP contribution in [0.1, 0.15) is 44.2 Å². The van der Waals surface area contributed by atoms with Gasteiger partial charge >= 0.3 is 0 Å². The van der Waals surface area contributed by atoms with Gasteiger partial charge in [-0.2, -0.15) is 0 Å². The van der Waals surface area contributed by atoms with Gasteiger partial charge < -0.3 is 10.4 Å². The summed E-state index contributed by atoms with van der Waals surface area (Å²) in [4.78, 5) is 0. The van der Waals surface area contributed by atoms with E-state index in [2.05, 4.69) is 21.2 Å². The van der Waals surface area contributed by atoms with Crippen molar-refractivity contribution >= 4 is 15.9 Å². The maximum absolute atomic E-state index is 13.6. The van der Waals surface area contributed by atoms with Crippen molar-refractivity contribution in [1.82, 2.24) is 5.32 Å².